The number of rotatable bonds is 7. The molecule has 0 unspecified atom stereocenters. The summed E-state index contributed by atoms with van der Waals surface area (Å²) < 4.78 is 24.2. The molecule has 0 amide bonds. The number of likely N-dealkylation sites (N-methyl/N-ethyl adjacent to an activating group) is 1. The lowest BCUT2D eigenvalue weighted by Gasteiger charge is -2.22. The van der Waals surface area contributed by atoms with Crippen LogP contribution < -0.4 is 5.14 Å². The fourth-order valence-corrected chi connectivity index (χ4v) is 3.76. The van der Waals surface area contributed by atoms with Gasteiger partial charge in [-0.3, -0.25) is 4.90 Å². The Morgan fingerprint density at radius 3 is 2.08 bits per heavy atom. The molecule has 0 bridgehead atoms. The van der Waals surface area contributed by atoms with Crippen LogP contribution in [0, 0.1) is 0 Å². The quantitative estimate of drug-likeness (QED) is 0.824. The molecule has 0 atom stereocenters. The summed E-state index contributed by atoms with van der Waals surface area (Å²) in [4.78, 5) is 2.46. The van der Waals surface area contributed by atoms with Gasteiger partial charge < -0.3 is 0 Å². The Labute approximate surface area is 151 Å². The zero-order valence-electron chi connectivity index (χ0n) is 15.1. The van der Waals surface area contributed by atoms with Crippen molar-refractivity contribution in [2.24, 2.45) is 5.14 Å². The lowest BCUT2D eigenvalue weighted by molar-refractivity contribution is 0.330. The van der Waals surface area contributed by atoms with Crippen LogP contribution in [0.1, 0.15) is 31.9 Å². The average molecular weight is 359 g/mol. The Balaban J connectivity index is 2.70. The molecular formula is C20H26N2O2S. The van der Waals surface area contributed by atoms with E-state index in [9.17, 15) is 8.42 Å². The predicted octanol–water partition coefficient (Wildman–Crippen LogP) is 3.50. The molecule has 5 heteroatoms. The van der Waals surface area contributed by atoms with Crippen LogP contribution in [0.5, 0.6) is 0 Å². The highest BCUT2D eigenvalue weighted by molar-refractivity contribution is 7.89. The van der Waals surface area contributed by atoms with E-state index >= 15 is 0 Å². The van der Waals surface area contributed by atoms with Crippen LogP contribution in [-0.4, -0.2) is 33.0 Å². The second-order valence-corrected chi connectivity index (χ2v) is 7.55. The minimum absolute atomic E-state index is 0.160. The number of hydrogen-bond acceptors (Lipinski definition) is 3. The average Bonchev–Trinajstić information content (AvgIpc) is 2.60. The molecule has 0 radical (unpaired) electrons. The number of nitrogens with two attached hydrogens (primary N) is 1. The third-order valence-corrected chi connectivity index (χ3v) is 5.28. The van der Waals surface area contributed by atoms with Crippen LogP contribution in [0.15, 0.2) is 65.1 Å². The number of primary sulfonamides is 1. The Bertz CT molecular complexity index is 839. The van der Waals surface area contributed by atoms with Crippen molar-refractivity contribution in [2.45, 2.75) is 25.7 Å². The van der Waals surface area contributed by atoms with Gasteiger partial charge in [0, 0.05) is 12.1 Å². The third kappa shape index (κ3) is 4.78. The molecule has 2 N–H and O–H groups in total. The van der Waals surface area contributed by atoms with Gasteiger partial charge in [-0.25, -0.2) is 13.6 Å². The van der Waals surface area contributed by atoms with Gasteiger partial charge in [0.1, 0.15) is 0 Å². The number of benzene rings is 2. The van der Waals surface area contributed by atoms with E-state index in [1.165, 1.54) is 0 Å². The summed E-state index contributed by atoms with van der Waals surface area (Å²) in [5.41, 5.74) is 3.69. The topological polar surface area (TPSA) is 63.4 Å². The fraction of sp³-hybridized carbons (Fsp3) is 0.300. The predicted molar refractivity (Wildman–Crippen MR) is 104 cm³/mol. The molecule has 0 saturated carbocycles. The molecule has 0 saturated heterocycles. The zero-order chi connectivity index (χ0) is 18.4. The number of hydrogen-bond donors (Lipinski definition) is 1. The van der Waals surface area contributed by atoms with Crippen LogP contribution in [-0.2, 0) is 10.0 Å². The Hall–Kier alpha value is -1.95. The van der Waals surface area contributed by atoms with Crippen molar-refractivity contribution in [2.75, 3.05) is 19.6 Å². The molecule has 0 fully saturated rings. The molecule has 0 aromatic heterocycles. The number of nitrogens with zero attached hydrogens (tertiary/aromatic N) is 1. The highest BCUT2D eigenvalue weighted by Gasteiger charge is 2.19. The van der Waals surface area contributed by atoms with Crippen molar-refractivity contribution in [3.63, 3.8) is 0 Å². The first kappa shape index (κ1) is 19.4. The molecule has 0 aliphatic heterocycles. The van der Waals surface area contributed by atoms with E-state index in [1.807, 2.05) is 42.5 Å². The van der Waals surface area contributed by atoms with Gasteiger partial charge in [0.15, 0.2) is 0 Å². The van der Waals surface area contributed by atoms with Crippen molar-refractivity contribution in [1.82, 2.24) is 4.90 Å². The second kappa shape index (κ2) is 8.43. The van der Waals surface area contributed by atoms with E-state index in [0.29, 0.717) is 5.56 Å². The van der Waals surface area contributed by atoms with Crippen LogP contribution in [0.2, 0.25) is 0 Å². The summed E-state index contributed by atoms with van der Waals surface area (Å²) in [5.74, 6) is 0. The van der Waals surface area contributed by atoms with E-state index in [0.717, 1.165) is 36.3 Å². The van der Waals surface area contributed by atoms with Crippen LogP contribution in [0.4, 0.5) is 0 Å². The van der Waals surface area contributed by atoms with Crippen LogP contribution in [0.25, 0.3) is 5.57 Å². The normalized spacial score (nSPS) is 13.0. The van der Waals surface area contributed by atoms with E-state index in [4.69, 9.17) is 5.14 Å². The van der Waals surface area contributed by atoms with Gasteiger partial charge in [0.2, 0.25) is 10.0 Å². The summed E-state index contributed by atoms with van der Waals surface area (Å²) in [6, 6.07) is 16.8. The minimum atomic E-state index is -3.81. The minimum Gasteiger partial charge on any atom is -0.300 e. The van der Waals surface area contributed by atoms with Gasteiger partial charge in [-0.05, 0) is 37.2 Å². The van der Waals surface area contributed by atoms with Gasteiger partial charge in [-0.2, -0.15) is 0 Å². The highest BCUT2D eigenvalue weighted by atomic mass is 32.2. The summed E-state index contributed by atoms with van der Waals surface area (Å²) in [5, 5.41) is 5.47. The van der Waals surface area contributed by atoms with E-state index in [-0.39, 0.29) is 4.90 Å². The highest BCUT2D eigenvalue weighted by Crippen LogP contribution is 2.31. The van der Waals surface area contributed by atoms with Gasteiger partial charge in [0.25, 0.3) is 0 Å². The summed E-state index contributed by atoms with van der Waals surface area (Å²) in [7, 11) is -3.81. The van der Waals surface area contributed by atoms with Crippen molar-refractivity contribution in [3.8, 4) is 0 Å². The second-order valence-electron chi connectivity index (χ2n) is 6.02. The van der Waals surface area contributed by atoms with Crippen molar-refractivity contribution < 1.29 is 8.42 Å². The Morgan fingerprint density at radius 2 is 1.52 bits per heavy atom. The van der Waals surface area contributed by atoms with Crippen LogP contribution in [0.3, 0.4) is 0 Å². The molecule has 2 aromatic rings. The van der Waals surface area contributed by atoms with Gasteiger partial charge in [-0.15, -0.1) is 0 Å². The maximum absolute atomic E-state index is 12.1. The first-order chi connectivity index (χ1) is 11.9. The lowest BCUT2D eigenvalue weighted by atomic mass is 9.93. The molecule has 134 valence electrons. The molecule has 25 heavy (non-hydrogen) atoms. The molecule has 0 aliphatic carbocycles. The van der Waals surface area contributed by atoms with Gasteiger partial charge >= 0.3 is 0 Å². The third-order valence-electron chi connectivity index (χ3n) is 4.31. The molecule has 0 heterocycles. The molecule has 2 aromatic carbocycles. The Kier molecular flexibility index (Phi) is 6.53. The van der Waals surface area contributed by atoms with Gasteiger partial charge in [-0.1, -0.05) is 68.0 Å². The molecule has 4 nitrogen and oxygen atoms in total. The summed E-state index contributed by atoms with van der Waals surface area (Å²) >= 11 is 0. The first-order valence-electron chi connectivity index (χ1n) is 8.48. The van der Waals surface area contributed by atoms with Crippen LogP contribution >= 0.6 is 0 Å². The summed E-state index contributed by atoms with van der Waals surface area (Å²) in [6.45, 7) is 8.95. The largest absolute Gasteiger partial charge is 0.300 e. The van der Waals surface area contributed by atoms with Gasteiger partial charge in [0.05, 0.1) is 4.90 Å². The van der Waals surface area contributed by atoms with Crippen molar-refractivity contribution in [3.05, 3.63) is 71.3 Å². The van der Waals surface area contributed by atoms with E-state index in [1.54, 1.807) is 12.1 Å². The van der Waals surface area contributed by atoms with Crippen molar-refractivity contribution in [1.29, 1.82) is 0 Å². The van der Waals surface area contributed by atoms with E-state index in [2.05, 4.69) is 25.7 Å². The fourth-order valence-electron chi connectivity index (χ4n) is 3.02. The van der Waals surface area contributed by atoms with Crippen molar-refractivity contribution >= 4 is 15.6 Å². The molecule has 0 spiro atoms. The summed E-state index contributed by atoms with van der Waals surface area (Å²) in [6.07, 6.45) is 0. The number of sulfonamides is 1. The molecule has 2 rings (SSSR count). The smallest absolute Gasteiger partial charge is 0.238 e. The molecule has 0 aliphatic rings. The Morgan fingerprint density at radius 1 is 0.960 bits per heavy atom. The maximum atomic E-state index is 12.1. The standard InChI is InChI=1S/C20H26N2O2S/c1-4-22(5-2)15-16(3)20(17-11-7-6-8-12-17)18-13-9-10-14-19(18)25(21,23)24/h6-14H,4-5,15H2,1-3H3,(H2,21,23,24). The monoisotopic (exact) mass is 358 g/mol. The maximum Gasteiger partial charge on any atom is 0.238 e. The van der Waals surface area contributed by atoms with E-state index < -0.39 is 10.0 Å². The molecular weight excluding hydrogens is 332 g/mol. The zero-order valence-corrected chi connectivity index (χ0v) is 15.9. The SMILES string of the molecule is CCN(CC)CC(C)=C(c1ccccc1)c1ccccc1S(N)(=O)=O. The first-order valence-corrected chi connectivity index (χ1v) is 10.0. The lowest BCUT2D eigenvalue weighted by Crippen LogP contribution is -2.25.